The molecule has 16 heteroatoms. The zero-order valence-electron chi connectivity index (χ0n) is 20.5. The van der Waals surface area contributed by atoms with Gasteiger partial charge in [-0.1, -0.05) is 0 Å². The Labute approximate surface area is 214 Å². The molecule has 1 aliphatic heterocycles. The Balaban J connectivity index is 2.67. The number of aromatic nitrogens is 2. The number of hydrogen-bond acceptors (Lipinski definition) is 13. The number of halogens is 1. The second kappa shape index (κ2) is 12.5. The zero-order valence-corrected chi connectivity index (χ0v) is 21.3. The summed E-state index contributed by atoms with van der Waals surface area (Å²) in [5, 5.41) is 2.60. The van der Waals surface area contributed by atoms with E-state index in [4.69, 9.17) is 35.3 Å². The molecule has 2 rings (SSSR count). The van der Waals surface area contributed by atoms with E-state index in [1.165, 1.54) is 0 Å². The molecule has 2 N–H and O–H groups in total. The molecule has 0 unspecified atom stereocenters. The van der Waals surface area contributed by atoms with Crippen molar-refractivity contribution < 1.29 is 47.7 Å². The van der Waals surface area contributed by atoms with Crippen LogP contribution in [0.25, 0.3) is 0 Å². The molecule has 204 valence electrons. The normalized spacial score (nSPS) is 22.9. The molecule has 1 aliphatic rings. The van der Waals surface area contributed by atoms with Gasteiger partial charge in [0.05, 0.1) is 5.88 Å². The number of ketones is 1. The minimum atomic E-state index is -1.55. The monoisotopic (exact) mass is 547 g/mol. The number of aromatic amines is 1. The van der Waals surface area contributed by atoms with Gasteiger partial charge in [-0.3, -0.25) is 38.3 Å². The highest BCUT2D eigenvalue weighted by molar-refractivity contribution is 6.31. The van der Waals surface area contributed by atoms with Gasteiger partial charge >= 0.3 is 29.6 Å². The first kappa shape index (κ1) is 29.5. The van der Waals surface area contributed by atoms with Crippen LogP contribution in [0, 0.1) is 0 Å². The number of hydrogen-bond donors (Lipinski definition) is 2. The van der Waals surface area contributed by atoms with Crippen LogP contribution in [0.2, 0.25) is 0 Å². The van der Waals surface area contributed by atoms with Crippen LogP contribution in [0.4, 0.5) is 5.82 Å². The molecule has 1 saturated heterocycles. The van der Waals surface area contributed by atoms with Crippen molar-refractivity contribution in [3.05, 3.63) is 26.4 Å². The minimum Gasteiger partial charge on any atom is -0.463 e. The van der Waals surface area contributed by atoms with Gasteiger partial charge in [-0.25, -0.2) is 4.79 Å². The summed E-state index contributed by atoms with van der Waals surface area (Å²) in [4.78, 5) is 86.7. The quantitative estimate of drug-likeness (QED) is 0.165. The van der Waals surface area contributed by atoms with Crippen LogP contribution in [0.1, 0.15) is 38.1 Å². The van der Waals surface area contributed by atoms with Crippen LogP contribution in [-0.2, 0) is 49.9 Å². The van der Waals surface area contributed by atoms with Crippen LogP contribution < -0.4 is 16.6 Å². The van der Waals surface area contributed by atoms with Crippen LogP contribution >= 0.6 is 11.6 Å². The fraction of sp³-hybridized carbons (Fsp3) is 0.571. The van der Waals surface area contributed by atoms with E-state index in [0.29, 0.717) is 4.57 Å². The summed E-state index contributed by atoms with van der Waals surface area (Å²) in [6, 6.07) is 0. The van der Waals surface area contributed by atoms with E-state index in [0.717, 1.165) is 34.7 Å². The SMILES string of the molecule is CC(=O)OC[C@@H]1O[C@@H](Nc2[nH]c(=O)n(C)c(=O)c2C(=O)CCl)[C@@H](OC(C)=O)[C@@H](OC(C)=O)[C@H]1OC(C)=O. The molecule has 0 saturated carbocycles. The van der Waals surface area contributed by atoms with Gasteiger partial charge in [0.15, 0.2) is 30.3 Å². The zero-order chi connectivity index (χ0) is 28.0. The van der Waals surface area contributed by atoms with Crippen molar-refractivity contribution in [2.45, 2.75) is 58.3 Å². The summed E-state index contributed by atoms with van der Waals surface area (Å²) in [7, 11) is 1.13. The Bertz CT molecular complexity index is 1190. The molecule has 1 aromatic rings. The molecule has 1 fully saturated rings. The predicted molar refractivity (Wildman–Crippen MR) is 123 cm³/mol. The van der Waals surface area contributed by atoms with E-state index < -0.39 is 95.4 Å². The molecule has 5 atom stereocenters. The molecule has 37 heavy (non-hydrogen) atoms. The van der Waals surface area contributed by atoms with Gasteiger partial charge in [-0.05, 0) is 0 Å². The first-order valence-electron chi connectivity index (χ1n) is 10.8. The van der Waals surface area contributed by atoms with Gasteiger partial charge in [-0.15, -0.1) is 11.6 Å². The summed E-state index contributed by atoms with van der Waals surface area (Å²) in [6.45, 7) is 3.75. The maximum absolute atomic E-state index is 12.6. The minimum absolute atomic E-state index is 0.431. The molecular formula is C21H26ClN3O12. The van der Waals surface area contributed by atoms with Crippen molar-refractivity contribution in [3.63, 3.8) is 0 Å². The molecular weight excluding hydrogens is 522 g/mol. The molecule has 1 aromatic heterocycles. The van der Waals surface area contributed by atoms with Gasteiger partial charge in [0.2, 0.25) is 0 Å². The van der Waals surface area contributed by atoms with Crippen LogP contribution in [0.15, 0.2) is 9.59 Å². The lowest BCUT2D eigenvalue weighted by atomic mass is 9.97. The van der Waals surface area contributed by atoms with Gasteiger partial charge in [0.1, 0.15) is 24.1 Å². The summed E-state index contributed by atoms with van der Waals surface area (Å²) in [6.07, 6.45) is -7.32. The predicted octanol–water partition coefficient (Wildman–Crippen LogP) is -1.01. The lowest BCUT2D eigenvalue weighted by molar-refractivity contribution is -0.247. The summed E-state index contributed by atoms with van der Waals surface area (Å²) >= 11 is 5.63. The van der Waals surface area contributed by atoms with Gasteiger partial charge in [0, 0.05) is 34.7 Å². The van der Waals surface area contributed by atoms with E-state index in [9.17, 15) is 33.6 Å². The van der Waals surface area contributed by atoms with Crippen molar-refractivity contribution in [1.29, 1.82) is 0 Å². The van der Waals surface area contributed by atoms with E-state index in [1.807, 2.05) is 0 Å². The molecule has 0 aliphatic carbocycles. The Morgan fingerprint density at radius 3 is 1.97 bits per heavy atom. The fourth-order valence-corrected chi connectivity index (χ4v) is 3.67. The summed E-state index contributed by atoms with van der Waals surface area (Å²) in [5.74, 6) is -5.16. The topological polar surface area (TPSA) is 198 Å². The second-order valence-electron chi connectivity index (χ2n) is 7.87. The molecule has 15 nitrogen and oxygen atoms in total. The number of esters is 4. The Morgan fingerprint density at radius 1 is 0.919 bits per heavy atom. The number of carbonyl (C=O) groups excluding carboxylic acids is 5. The van der Waals surface area contributed by atoms with Crippen LogP contribution in [0.3, 0.4) is 0 Å². The molecule has 0 spiro atoms. The van der Waals surface area contributed by atoms with Gasteiger partial charge < -0.3 is 29.0 Å². The Hall–Kier alpha value is -3.72. The van der Waals surface area contributed by atoms with E-state index >= 15 is 0 Å². The lowest BCUT2D eigenvalue weighted by Crippen LogP contribution is -2.64. The number of nitrogens with zero attached hydrogens (tertiary/aromatic N) is 1. The molecule has 0 amide bonds. The van der Waals surface area contributed by atoms with Gasteiger partial charge in [-0.2, -0.15) is 0 Å². The standard InChI is InChI=1S/C21H26ClN3O12/c1-8(26)33-7-13-15(34-9(2)27)16(35-10(3)28)17(36-11(4)29)19(37-13)23-18-14(12(30)6-22)20(31)25(5)21(32)24-18/h13,15-17,19,23H,6-7H2,1-5H3,(H,24,32)/t13-,15-,16-,17-,19+/m0/s1. The third-order valence-electron chi connectivity index (χ3n) is 4.98. The number of rotatable bonds is 9. The first-order valence-corrected chi connectivity index (χ1v) is 11.3. The number of anilines is 1. The molecule has 0 radical (unpaired) electrons. The average Bonchev–Trinajstić information content (AvgIpc) is 2.79. The maximum atomic E-state index is 12.6. The summed E-state index contributed by atoms with van der Waals surface area (Å²) in [5.41, 5.74) is -2.43. The lowest BCUT2D eigenvalue weighted by Gasteiger charge is -2.44. The van der Waals surface area contributed by atoms with Crippen molar-refractivity contribution in [2.24, 2.45) is 7.05 Å². The number of H-pyrrole nitrogens is 1. The third kappa shape index (κ3) is 7.39. The number of ether oxygens (including phenoxy) is 5. The third-order valence-corrected chi connectivity index (χ3v) is 5.23. The number of carbonyl (C=O) groups is 5. The van der Waals surface area contributed by atoms with Crippen molar-refractivity contribution >= 4 is 47.1 Å². The number of alkyl halides is 1. The number of Topliss-reactive ketones (excluding diaryl/α,β-unsaturated/α-hetero) is 1. The van der Waals surface area contributed by atoms with Crippen molar-refractivity contribution in [2.75, 3.05) is 17.8 Å². The second-order valence-corrected chi connectivity index (χ2v) is 8.13. The van der Waals surface area contributed by atoms with E-state index in [1.54, 1.807) is 0 Å². The first-order chi connectivity index (χ1) is 17.3. The highest BCUT2D eigenvalue weighted by Crippen LogP contribution is 2.30. The van der Waals surface area contributed by atoms with Crippen LogP contribution in [-0.4, -0.2) is 82.3 Å². The highest BCUT2D eigenvalue weighted by atomic mass is 35.5. The van der Waals surface area contributed by atoms with Crippen molar-refractivity contribution in [1.82, 2.24) is 9.55 Å². The van der Waals surface area contributed by atoms with E-state index in [-0.39, 0.29) is 0 Å². The fourth-order valence-electron chi connectivity index (χ4n) is 3.54. The Kier molecular flexibility index (Phi) is 9.96. The Morgan fingerprint density at radius 2 is 1.46 bits per heavy atom. The number of nitrogens with one attached hydrogen (secondary N) is 2. The largest absolute Gasteiger partial charge is 0.463 e. The summed E-state index contributed by atoms with van der Waals surface area (Å²) < 4.78 is 27.3. The smallest absolute Gasteiger partial charge is 0.329 e. The van der Waals surface area contributed by atoms with E-state index in [2.05, 4.69) is 10.3 Å². The molecule has 0 aromatic carbocycles. The van der Waals surface area contributed by atoms with Crippen LogP contribution in [0.5, 0.6) is 0 Å². The van der Waals surface area contributed by atoms with Crippen molar-refractivity contribution in [3.8, 4) is 0 Å². The highest BCUT2D eigenvalue weighted by Gasteiger charge is 2.52. The average molecular weight is 548 g/mol. The van der Waals surface area contributed by atoms with Gasteiger partial charge in [0.25, 0.3) is 5.56 Å². The molecule has 2 heterocycles. The molecule has 0 bridgehead atoms. The maximum Gasteiger partial charge on any atom is 0.329 e.